The van der Waals surface area contributed by atoms with Crippen LogP contribution in [0.3, 0.4) is 0 Å². The van der Waals surface area contributed by atoms with Gasteiger partial charge in [0.25, 0.3) is 0 Å². The van der Waals surface area contributed by atoms with Crippen molar-refractivity contribution in [1.29, 1.82) is 0 Å². The lowest BCUT2D eigenvalue weighted by Gasteiger charge is -2.09. The average molecular weight is 189 g/mol. The van der Waals surface area contributed by atoms with E-state index in [9.17, 15) is 0 Å². The Morgan fingerprint density at radius 1 is 1.29 bits per heavy atom. The lowest BCUT2D eigenvalue weighted by Crippen LogP contribution is -2.24. The van der Waals surface area contributed by atoms with Crippen molar-refractivity contribution < 1.29 is 4.74 Å². The fourth-order valence-electron chi connectivity index (χ4n) is 1.99. The first-order valence-electron chi connectivity index (χ1n) is 5.38. The van der Waals surface area contributed by atoms with Crippen molar-refractivity contribution in [3.05, 3.63) is 29.8 Å². The summed E-state index contributed by atoms with van der Waals surface area (Å²) in [7, 11) is 0. The Morgan fingerprint density at radius 3 is 3.00 bits per heavy atom. The summed E-state index contributed by atoms with van der Waals surface area (Å²) in [6.45, 7) is 1.92. The highest BCUT2D eigenvalue weighted by atomic mass is 16.5. The maximum Gasteiger partial charge on any atom is 0.122 e. The van der Waals surface area contributed by atoms with E-state index in [2.05, 4.69) is 23.5 Å². The summed E-state index contributed by atoms with van der Waals surface area (Å²) in [6.07, 6.45) is 2.71. The van der Waals surface area contributed by atoms with E-state index in [0.717, 1.165) is 24.9 Å². The number of nitrogens with one attached hydrogen (secondary N) is 1. The molecule has 1 aliphatic carbocycles. The van der Waals surface area contributed by atoms with E-state index in [1.165, 1.54) is 18.4 Å². The normalized spacial score (nSPS) is 24.4. The third-order valence-electron chi connectivity index (χ3n) is 3.03. The summed E-state index contributed by atoms with van der Waals surface area (Å²) in [5, 5.41) is 3.56. The van der Waals surface area contributed by atoms with Crippen LogP contribution in [0.4, 0.5) is 0 Å². The van der Waals surface area contributed by atoms with E-state index >= 15 is 0 Å². The van der Waals surface area contributed by atoms with Gasteiger partial charge >= 0.3 is 0 Å². The quantitative estimate of drug-likeness (QED) is 0.784. The van der Waals surface area contributed by atoms with Gasteiger partial charge in [-0.3, -0.25) is 0 Å². The first kappa shape index (κ1) is 8.30. The Labute approximate surface area is 84.3 Å². The fourth-order valence-corrected chi connectivity index (χ4v) is 1.99. The van der Waals surface area contributed by atoms with Crippen LogP contribution in [0.5, 0.6) is 5.75 Å². The lowest BCUT2D eigenvalue weighted by atomic mass is 10.0. The van der Waals surface area contributed by atoms with Crippen LogP contribution in [0.25, 0.3) is 0 Å². The van der Waals surface area contributed by atoms with Crippen molar-refractivity contribution in [2.24, 2.45) is 0 Å². The van der Waals surface area contributed by atoms with Crippen LogP contribution in [0.1, 0.15) is 24.3 Å². The van der Waals surface area contributed by atoms with Crippen molar-refractivity contribution >= 4 is 0 Å². The van der Waals surface area contributed by atoms with Crippen LogP contribution in [-0.2, 0) is 0 Å². The van der Waals surface area contributed by atoms with Crippen molar-refractivity contribution in [1.82, 2.24) is 5.32 Å². The molecule has 0 saturated heterocycles. The molecule has 1 aromatic carbocycles. The zero-order chi connectivity index (χ0) is 9.38. The van der Waals surface area contributed by atoms with E-state index in [1.54, 1.807) is 0 Å². The molecule has 14 heavy (non-hydrogen) atoms. The Bertz CT molecular complexity index is 333. The van der Waals surface area contributed by atoms with Gasteiger partial charge < -0.3 is 10.1 Å². The summed E-state index contributed by atoms with van der Waals surface area (Å²) in [5.74, 6) is 1.64. The number of rotatable bonds is 3. The predicted octanol–water partition coefficient (Wildman–Crippen LogP) is 1.91. The molecule has 0 bridgehead atoms. The van der Waals surface area contributed by atoms with E-state index in [-0.39, 0.29) is 0 Å². The molecular formula is C12H15NO. The minimum Gasteiger partial charge on any atom is -0.493 e. The topological polar surface area (TPSA) is 21.3 Å². The second-order valence-corrected chi connectivity index (χ2v) is 4.23. The summed E-state index contributed by atoms with van der Waals surface area (Å²) >= 11 is 0. The van der Waals surface area contributed by atoms with Crippen LogP contribution in [0.2, 0.25) is 0 Å². The molecule has 0 amide bonds. The largest absolute Gasteiger partial charge is 0.493 e. The molecular weight excluding hydrogens is 174 g/mol. The van der Waals surface area contributed by atoms with E-state index in [1.807, 2.05) is 6.07 Å². The van der Waals surface area contributed by atoms with Gasteiger partial charge in [0.05, 0.1) is 6.61 Å². The summed E-state index contributed by atoms with van der Waals surface area (Å²) < 4.78 is 5.62. The van der Waals surface area contributed by atoms with Crippen LogP contribution < -0.4 is 10.1 Å². The SMILES string of the molecule is c1ccc2c(c1)OC[C@H]2CNC1CC1. The highest BCUT2D eigenvalue weighted by Gasteiger charge is 2.26. The first-order chi connectivity index (χ1) is 6.93. The minimum absolute atomic E-state index is 0.562. The Morgan fingerprint density at radius 2 is 2.14 bits per heavy atom. The number of hydrogen-bond acceptors (Lipinski definition) is 2. The summed E-state index contributed by atoms with van der Waals surface area (Å²) in [6, 6.07) is 9.17. The molecule has 0 aromatic heterocycles. The second-order valence-electron chi connectivity index (χ2n) is 4.23. The molecule has 2 aliphatic rings. The lowest BCUT2D eigenvalue weighted by molar-refractivity contribution is 0.326. The third kappa shape index (κ3) is 1.50. The van der Waals surface area contributed by atoms with Crippen LogP contribution >= 0.6 is 0 Å². The third-order valence-corrected chi connectivity index (χ3v) is 3.03. The van der Waals surface area contributed by atoms with Gasteiger partial charge in [-0.2, -0.15) is 0 Å². The van der Waals surface area contributed by atoms with Crippen molar-refractivity contribution in [3.63, 3.8) is 0 Å². The Balaban J connectivity index is 1.70. The van der Waals surface area contributed by atoms with Crippen molar-refractivity contribution in [2.75, 3.05) is 13.2 Å². The monoisotopic (exact) mass is 189 g/mol. The van der Waals surface area contributed by atoms with Crippen LogP contribution in [-0.4, -0.2) is 19.2 Å². The zero-order valence-corrected chi connectivity index (χ0v) is 8.20. The molecule has 1 heterocycles. The van der Waals surface area contributed by atoms with Gasteiger partial charge in [-0.05, 0) is 18.9 Å². The van der Waals surface area contributed by atoms with Crippen LogP contribution in [0, 0.1) is 0 Å². The van der Waals surface area contributed by atoms with Gasteiger partial charge in [-0.15, -0.1) is 0 Å². The number of fused-ring (bicyclic) bond motifs is 1. The van der Waals surface area contributed by atoms with E-state index in [4.69, 9.17) is 4.74 Å². The molecule has 1 aliphatic heterocycles. The smallest absolute Gasteiger partial charge is 0.122 e. The zero-order valence-electron chi connectivity index (χ0n) is 8.20. The van der Waals surface area contributed by atoms with Crippen molar-refractivity contribution in [3.8, 4) is 5.75 Å². The maximum atomic E-state index is 5.62. The summed E-state index contributed by atoms with van der Waals surface area (Å²) in [4.78, 5) is 0. The number of ether oxygens (including phenoxy) is 1. The maximum absolute atomic E-state index is 5.62. The van der Waals surface area contributed by atoms with Gasteiger partial charge in [0, 0.05) is 24.1 Å². The Hall–Kier alpha value is -1.02. The molecule has 1 N–H and O–H groups in total. The molecule has 3 rings (SSSR count). The van der Waals surface area contributed by atoms with Gasteiger partial charge in [-0.25, -0.2) is 0 Å². The molecule has 1 aromatic rings. The molecule has 0 spiro atoms. The van der Waals surface area contributed by atoms with Gasteiger partial charge in [0.1, 0.15) is 5.75 Å². The van der Waals surface area contributed by atoms with Gasteiger partial charge in [0.2, 0.25) is 0 Å². The van der Waals surface area contributed by atoms with Gasteiger partial charge in [0.15, 0.2) is 0 Å². The first-order valence-corrected chi connectivity index (χ1v) is 5.38. The molecule has 0 unspecified atom stereocenters. The highest BCUT2D eigenvalue weighted by Crippen LogP contribution is 2.33. The molecule has 2 heteroatoms. The predicted molar refractivity (Wildman–Crippen MR) is 55.7 cm³/mol. The number of para-hydroxylation sites is 1. The fraction of sp³-hybridized carbons (Fsp3) is 0.500. The molecule has 1 atom stereocenters. The van der Waals surface area contributed by atoms with Crippen molar-refractivity contribution in [2.45, 2.75) is 24.8 Å². The standard InChI is InChI=1S/C12H15NO/c1-2-4-12-11(3-1)9(8-14-12)7-13-10-5-6-10/h1-4,9-10,13H,5-8H2/t9-/m1/s1. The van der Waals surface area contributed by atoms with Gasteiger partial charge in [-0.1, -0.05) is 18.2 Å². The molecule has 0 radical (unpaired) electrons. The molecule has 1 saturated carbocycles. The van der Waals surface area contributed by atoms with E-state index < -0.39 is 0 Å². The Kier molecular flexibility index (Phi) is 1.95. The minimum atomic E-state index is 0.562. The van der Waals surface area contributed by atoms with E-state index in [0.29, 0.717) is 5.92 Å². The molecule has 74 valence electrons. The molecule has 1 fully saturated rings. The number of hydrogen-bond donors (Lipinski definition) is 1. The summed E-state index contributed by atoms with van der Waals surface area (Å²) in [5.41, 5.74) is 1.38. The average Bonchev–Trinajstić information content (AvgIpc) is 2.96. The number of benzene rings is 1. The highest BCUT2D eigenvalue weighted by molar-refractivity contribution is 5.39. The van der Waals surface area contributed by atoms with Crippen LogP contribution in [0.15, 0.2) is 24.3 Å². The second kappa shape index (κ2) is 3.28. The molecule has 2 nitrogen and oxygen atoms in total.